The van der Waals surface area contributed by atoms with Crippen molar-refractivity contribution in [2.24, 2.45) is 0 Å². The SMILES string of the molecule is CC(CCc1ccco1)NCc1ccc(C(=O)O)c(F)c1. The maximum atomic E-state index is 13.5. The van der Waals surface area contributed by atoms with Crippen molar-refractivity contribution in [3.63, 3.8) is 0 Å². The fraction of sp³-hybridized carbons (Fsp3) is 0.312. The minimum absolute atomic E-state index is 0.248. The van der Waals surface area contributed by atoms with E-state index in [-0.39, 0.29) is 11.6 Å². The zero-order valence-corrected chi connectivity index (χ0v) is 11.8. The molecular formula is C16H18FNO3. The van der Waals surface area contributed by atoms with Gasteiger partial charge in [-0.25, -0.2) is 9.18 Å². The van der Waals surface area contributed by atoms with Gasteiger partial charge in [-0.3, -0.25) is 0 Å². The molecule has 0 aliphatic carbocycles. The summed E-state index contributed by atoms with van der Waals surface area (Å²) in [7, 11) is 0. The van der Waals surface area contributed by atoms with Gasteiger partial charge in [0.15, 0.2) is 0 Å². The smallest absolute Gasteiger partial charge is 0.338 e. The van der Waals surface area contributed by atoms with Crippen LogP contribution in [-0.2, 0) is 13.0 Å². The largest absolute Gasteiger partial charge is 0.478 e. The van der Waals surface area contributed by atoms with Gasteiger partial charge in [-0.2, -0.15) is 0 Å². The van der Waals surface area contributed by atoms with Crippen molar-refractivity contribution in [1.29, 1.82) is 0 Å². The van der Waals surface area contributed by atoms with E-state index < -0.39 is 11.8 Å². The van der Waals surface area contributed by atoms with Crippen LogP contribution < -0.4 is 5.32 Å². The maximum absolute atomic E-state index is 13.5. The van der Waals surface area contributed by atoms with Gasteiger partial charge in [0.25, 0.3) is 0 Å². The van der Waals surface area contributed by atoms with Gasteiger partial charge in [-0.1, -0.05) is 6.07 Å². The molecule has 1 unspecified atom stereocenters. The first-order chi connectivity index (χ1) is 10.1. The molecule has 0 saturated heterocycles. The Balaban J connectivity index is 1.82. The number of furan rings is 1. The highest BCUT2D eigenvalue weighted by molar-refractivity contribution is 5.87. The molecule has 4 nitrogen and oxygen atoms in total. The fourth-order valence-corrected chi connectivity index (χ4v) is 2.05. The Morgan fingerprint density at radius 2 is 2.24 bits per heavy atom. The van der Waals surface area contributed by atoms with Crippen LogP contribution in [0.15, 0.2) is 41.0 Å². The third kappa shape index (κ3) is 4.43. The predicted molar refractivity (Wildman–Crippen MR) is 76.7 cm³/mol. The average Bonchev–Trinajstić information content (AvgIpc) is 2.95. The fourth-order valence-electron chi connectivity index (χ4n) is 2.05. The summed E-state index contributed by atoms with van der Waals surface area (Å²) in [6.07, 6.45) is 3.40. The first kappa shape index (κ1) is 15.3. The second-order valence-electron chi connectivity index (χ2n) is 5.02. The van der Waals surface area contributed by atoms with E-state index in [4.69, 9.17) is 9.52 Å². The second-order valence-corrected chi connectivity index (χ2v) is 5.02. The summed E-state index contributed by atoms with van der Waals surface area (Å²) in [6, 6.07) is 8.22. The van der Waals surface area contributed by atoms with Gasteiger partial charge in [0.05, 0.1) is 11.8 Å². The lowest BCUT2D eigenvalue weighted by atomic mass is 10.1. The third-order valence-electron chi connectivity index (χ3n) is 3.32. The summed E-state index contributed by atoms with van der Waals surface area (Å²) >= 11 is 0. The topological polar surface area (TPSA) is 62.5 Å². The highest BCUT2D eigenvalue weighted by atomic mass is 19.1. The summed E-state index contributed by atoms with van der Waals surface area (Å²) in [4.78, 5) is 10.7. The molecule has 112 valence electrons. The number of carboxylic acids is 1. The molecule has 1 heterocycles. The van der Waals surface area contributed by atoms with E-state index in [1.807, 2.05) is 19.1 Å². The van der Waals surface area contributed by atoms with Crippen molar-refractivity contribution in [3.05, 3.63) is 59.3 Å². The minimum atomic E-state index is -1.25. The van der Waals surface area contributed by atoms with E-state index in [0.29, 0.717) is 6.54 Å². The Morgan fingerprint density at radius 3 is 2.86 bits per heavy atom. The molecule has 0 fully saturated rings. The van der Waals surface area contributed by atoms with E-state index in [9.17, 15) is 9.18 Å². The summed E-state index contributed by atoms with van der Waals surface area (Å²) in [5.41, 5.74) is 0.423. The van der Waals surface area contributed by atoms with Gasteiger partial charge in [-0.05, 0) is 43.2 Å². The average molecular weight is 291 g/mol. The molecule has 5 heteroatoms. The first-order valence-electron chi connectivity index (χ1n) is 6.83. The highest BCUT2D eigenvalue weighted by Gasteiger charge is 2.11. The van der Waals surface area contributed by atoms with Crippen LogP contribution in [0.5, 0.6) is 0 Å². The Hall–Kier alpha value is -2.14. The number of hydrogen-bond acceptors (Lipinski definition) is 3. The predicted octanol–water partition coefficient (Wildman–Crippen LogP) is 3.23. The summed E-state index contributed by atoms with van der Waals surface area (Å²) < 4.78 is 18.8. The quantitative estimate of drug-likeness (QED) is 0.822. The number of carbonyl (C=O) groups is 1. The summed E-state index contributed by atoms with van der Waals surface area (Å²) in [5.74, 6) is -1.01. The number of nitrogens with one attached hydrogen (secondary N) is 1. The van der Waals surface area contributed by atoms with E-state index in [1.165, 1.54) is 12.1 Å². The third-order valence-corrected chi connectivity index (χ3v) is 3.32. The maximum Gasteiger partial charge on any atom is 0.338 e. The molecule has 21 heavy (non-hydrogen) atoms. The molecule has 2 aromatic rings. The van der Waals surface area contributed by atoms with Crippen LogP contribution in [0.2, 0.25) is 0 Å². The van der Waals surface area contributed by atoms with E-state index in [2.05, 4.69) is 5.32 Å². The molecule has 0 aliphatic rings. The number of aromatic carboxylic acids is 1. The van der Waals surface area contributed by atoms with E-state index >= 15 is 0 Å². The van der Waals surface area contributed by atoms with Crippen LogP contribution in [0.3, 0.4) is 0 Å². The second kappa shape index (κ2) is 7.04. The number of hydrogen-bond donors (Lipinski definition) is 2. The van der Waals surface area contributed by atoms with E-state index in [1.54, 1.807) is 12.3 Å². The van der Waals surface area contributed by atoms with Crippen molar-refractivity contribution in [2.75, 3.05) is 0 Å². The van der Waals surface area contributed by atoms with Crippen LogP contribution in [0.25, 0.3) is 0 Å². The van der Waals surface area contributed by atoms with Crippen LogP contribution >= 0.6 is 0 Å². The zero-order valence-electron chi connectivity index (χ0n) is 11.8. The minimum Gasteiger partial charge on any atom is -0.478 e. The first-order valence-corrected chi connectivity index (χ1v) is 6.83. The van der Waals surface area contributed by atoms with Gasteiger partial charge >= 0.3 is 5.97 Å². The van der Waals surface area contributed by atoms with Gasteiger partial charge in [-0.15, -0.1) is 0 Å². The summed E-state index contributed by atoms with van der Waals surface area (Å²) in [6.45, 7) is 2.54. The van der Waals surface area contributed by atoms with Crippen LogP contribution in [0.4, 0.5) is 4.39 Å². The number of benzene rings is 1. The standard InChI is InChI=1S/C16H18FNO3/c1-11(4-6-13-3-2-8-21-13)18-10-12-5-7-14(16(19)20)15(17)9-12/h2-3,5,7-9,11,18H,4,6,10H2,1H3,(H,19,20). The monoisotopic (exact) mass is 291 g/mol. The molecule has 0 amide bonds. The van der Waals surface area contributed by atoms with Crippen molar-refractivity contribution in [3.8, 4) is 0 Å². The van der Waals surface area contributed by atoms with E-state index in [0.717, 1.165) is 24.2 Å². The molecule has 0 aliphatic heterocycles. The lowest BCUT2D eigenvalue weighted by Gasteiger charge is -2.13. The number of aryl methyl sites for hydroxylation is 1. The van der Waals surface area contributed by atoms with Crippen LogP contribution in [0.1, 0.15) is 35.0 Å². The molecule has 0 saturated carbocycles. The molecule has 2 rings (SSSR count). The molecule has 0 spiro atoms. The Labute approximate surface area is 122 Å². The molecule has 2 N–H and O–H groups in total. The Kier molecular flexibility index (Phi) is 5.11. The highest BCUT2D eigenvalue weighted by Crippen LogP contribution is 2.11. The molecular weight excluding hydrogens is 273 g/mol. The lowest BCUT2D eigenvalue weighted by molar-refractivity contribution is 0.0692. The van der Waals surface area contributed by atoms with Gasteiger partial charge in [0.1, 0.15) is 11.6 Å². The number of halogens is 1. The molecule has 1 atom stereocenters. The lowest BCUT2D eigenvalue weighted by Crippen LogP contribution is -2.26. The van der Waals surface area contributed by atoms with Crippen molar-refractivity contribution in [2.45, 2.75) is 32.4 Å². The van der Waals surface area contributed by atoms with Crippen molar-refractivity contribution >= 4 is 5.97 Å². The van der Waals surface area contributed by atoms with Crippen LogP contribution in [0, 0.1) is 5.82 Å². The molecule has 0 radical (unpaired) electrons. The van der Waals surface area contributed by atoms with Gasteiger partial charge in [0, 0.05) is 19.0 Å². The Bertz CT molecular complexity index is 596. The zero-order chi connectivity index (χ0) is 15.2. The van der Waals surface area contributed by atoms with Gasteiger partial charge in [0.2, 0.25) is 0 Å². The van der Waals surface area contributed by atoms with Crippen molar-refractivity contribution < 1.29 is 18.7 Å². The van der Waals surface area contributed by atoms with Crippen molar-refractivity contribution in [1.82, 2.24) is 5.32 Å². The number of carboxylic acid groups (broad SMARTS) is 1. The normalized spacial score (nSPS) is 12.3. The number of rotatable bonds is 7. The molecule has 0 bridgehead atoms. The van der Waals surface area contributed by atoms with Crippen LogP contribution in [-0.4, -0.2) is 17.1 Å². The molecule has 1 aromatic carbocycles. The molecule has 1 aromatic heterocycles. The summed E-state index contributed by atoms with van der Waals surface area (Å²) in [5, 5.41) is 12.1. The van der Waals surface area contributed by atoms with Gasteiger partial charge < -0.3 is 14.8 Å². The Morgan fingerprint density at radius 1 is 1.43 bits per heavy atom.